The van der Waals surface area contributed by atoms with Crippen molar-refractivity contribution < 1.29 is 9.59 Å². The predicted molar refractivity (Wildman–Crippen MR) is 93.0 cm³/mol. The SMILES string of the molecule is CN1CCN(C(=O)c2cccc(C(=O)NCc3ccccn3)n2)CC1. The number of aromatic nitrogens is 2. The zero-order valence-electron chi connectivity index (χ0n) is 14.2. The van der Waals surface area contributed by atoms with Crippen LogP contribution in [0.25, 0.3) is 0 Å². The van der Waals surface area contributed by atoms with Crippen LogP contribution in [0.1, 0.15) is 26.7 Å². The van der Waals surface area contributed by atoms with Gasteiger partial charge in [0, 0.05) is 32.4 Å². The van der Waals surface area contributed by atoms with Crippen molar-refractivity contribution in [2.45, 2.75) is 6.54 Å². The van der Waals surface area contributed by atoms with Crippen molar-refractivity contribution in [2.24, 2.45) is 0 Å². The minimum atomic E-state index is -0.321. The second kappa shape index (κ2) is 7.85. The molecule has 1 fully saturated rings. The normalized spacial score (nSPS) is 15.0. The summed E-state index contributed by atoms with van der Waals surface area (Å²) in [6.45, 7) is 3.35. The van der Waals surface area contributed by atoms with E-state index in [0.717, 1.165) is 18.8 Å². The molecule has 0 radical (unpaired) electrons. The molecule has 25 heavy (non-hydrogen) atoms. The maximum Gasteiger partial charge on any atom is 0.272 e. The summed E-state index contributed by atoms with van der Waals surface area (Å²) in [6, 6.07) is 10.5. The number of amides is 2. The van der Waals surface area contributed by atoms with Gasteiger partial charge in [-0.15, -0.1) is 0 Å². The van der Waals surface area contributed by atoms with E-state index in [1.54, 1.807) is 29.3 Å². The van der Waals surface area contributed by atoms with Gasteiger partial charge in [0.1, 0.15) is 11.4 Å². The highest BCUT2D eigenvalue weighted by Gasteiger charge is 2.22. The fraction of sp³-hybridized carbons (Fsp3) is 0.333. The molecular weight excluding hydrogens is 318 g/mol. The van der Waals surface area contributed by atoms with Crippen LogP contribution < -0.4 is 5.32 Å². The zero-order chi connectivity index (χ0) is 17.6. The summed E-state index contributed by atoms with van der Waals surface area (Å²) in [4.78, 5) is 37.2. The largest absolute Gasteiger partial charge is 0.345 e. The highest BCUT2D eigenvalue weighted by atomic mass is 16.2. The van der Waals surface area contributed by atoms with E-state index < -0.39 is 0 Å². The van der Waals surface area contributed by atoms with Gasteiger partial charge >= 0.3 is 0 Å². The van der Waals surface area contributed by atoms with Crippen LogP contribution >= 0.6 is 0 Å². The Hall–Kier alpha value is -2.80. The number of piperazine rings is 1. The molecule has 0 saturated carbocycles. The maximum absolute atomic E-state index is 12.6. The van der Waals surface area contributed by atoms with E-state index in [2.05, 4.69) is 20.2 Å². The van der Waals surface area contributed by atoms with Crippen LogP contribution in [0.2, 0.25) is 0 Å². The van der Waals surface area contributed by atoms with Crippen molar-refractivity contribution in [1.29, 1.82) is 0 Å². The van der Waals surface area contributed by atoms with Crippen LogP contribution in [0.5, 0.6) is 0 Å². The number of likely N-dealkylation sites (N-methyl/N-ethyl adjacent to an activating group) is 1. The van der Waals surface area contributed by atoms with Gasteiger partial charge in [0.05, 0.1) is 12.2 Å². The average Bonchev–Trinajstić information content (AvgIpc) is 2.67. The second-order valence-electron chi connectivity index (χ2n) is 6.01. The van der Waals surface area contributed by atoms with Gasteiger partial charge < -0.3 is 15.1 Å². The lowest BCUT2D eigenvalue weighted by Gasteiger charge is -2.32. The van der Waals surface area contributed by atoms with Gasteiger partial charge in [-0.3, -0.25) is 14.6 Å². The first-order valence-corrected chi connectivity index (χ1v) is 8.26. The molecule has 7 heteroatoms. The molecule has 1 N–H and O–H groups in total. The first-order valence-electron chi connectivity index (χ1n) is 8.26. The summed E-state index contributed by atoms with van der Waals surface area (Å²) >= 11 is 0. The van der Waals surface area contributed by atoms with Crippen molar-refractivity contribution in [3.05, 3.63) is 59.7 Å². The number of carbonyl (C=O) groups is 2. The van der Waals surface area contributed by atoms with Crippen molar-refractivity contribution >= 4 is 11.8 Å². The molecule has 0 bridgehead atoms. The molecule has 3 heterocycles. The minimum Gasteiger partial charge on any atom is -0.345 e. The van der Waals surface area contributed by atoms with Crippen LogP contribution in [0.3, 0.4) is 0 Å². The number of nitrogens with zero attached hydrogens (tertiary/aromatic N) is 4. The average molecular weight is 339 g/mol. The predicted octanol–water partition coefficient (Wildman–Crippen LogP) is 0.794. The maximum atomic E-state index is 12.6. The number of pyridine rings is 2. The van der Waals surface area contributed by atoms with E-state index in [0.29, 0.717) is 25.3 Å². The smallest absolute Gasteiger partial charge is 0.272 e. The topological polar surface area (TPSA) is 78.4 Å². The molecule has 0 aliphatic carbocycles. The summed E-state index contributed by atoms with van der Waals surface area (Å²) in [6.07, 6.45) is 1.68. The summed E-state index contributed by atoms with van der Waals surface area (Å²) in [5, 5.41) is 2.77. The molecule has 1 saturated heterocycles. The molecule has 0 unspecified atom stereocenters. The fourth-order valence-electron chi connectivity index (χ4n) is 2.62. The van der Waals surface area contributed by atoms with Crippen LogP contribution in [0.15, 0.2) is 42.6 Å². The first-order chi connectivity index (χ1) is 12.1. The molecule has 0 spiro atoms. The molecule has 0 atom stereocenters. The Labute approximate surface area is 146 Å². The number of nitrogens with one attached hydrogen (secondary N) is 1. The highest BCUT2D eigenvalue weighted by Crippen LogP contribution is 2.07. The van der Waals surface area contributed by atoms with Gasteiger partial charge in [-0.1, -0.05) is 12.1 Å². The molecule has 1 aliphatic rings. The summed E-state index contributed by atoms with van der Waals surface area (Å²) < 4.78 is 0. The van der Waals surface area contributed by atoms with Crippen LogP contribution in [0.4, 0.5) is 0 Å². The van der Waals surface area contributed by atoms with Gasteiger partial charge in [-0.2, -0.15) is 0 Å². The van der Waals surface area contributed by atoms with Crippen LogP contribution in [-0.4, -0.2) is 64.8 Å². The highest BCUT2D eigenvalue weighted by molar-refractivity contribution is 5.96. The van der Waals surface area contributed by atoms with E-state index in [4.69, 9.17) is 0 Å². The molecule has 0 aromatic carbocycles. The molecule has 2 aromatic heterocycles. The Kier molecular flexibility index (Phi) is 5.35. The lowest BCUT2D eigenvalue weighted by atomic mass is 10.2. The molecule has 1 aliphatic heterocycles. The Morgan fingerprint density at radius 1 is 1.04 bits per heavy atom. The van der Waals surface area contributed by atoms with E-state index in [1.807, 2.05) is 25.2 Å². The minimum absolute atomic E-state index is 0.132. The van der Waals surface area contributed by atoms with Crippen LogP contribution in [-0.2, 0) is 6.54 Å². The number of hydrogen-bond donors (Lipinski definition) is 1. The van der Waals surface area contributed by atoms with Crippen LogP contribution in [0, 0.1) is 0 Å². The van der Waals surface area contributed by atoms with Gasteiger partial charge in [-0.05, 0) is 31.3 Å². The molecule has 7 nitrogen and oxygen atoms in total. The third kappa shape index (κ3) is 4.39. The van der Waals surface area contributed by atoms with E-state index in [1.165, 1.54) is 0 Å². The molecule has 2 amide bonds. The van der Waals surface area contributed by atoms with E-state index >= 15 is 0 Å². The molecule has 2 aromatic rings. The summed E-state index contributed by atoms with van der Waals surface area (Å²) in [5.41, 5.74) is 1.30. The third-order valence-corrected chi connectivity index (χ3v) is 4.15. The van der Waals surface area contributed by atoms with E-state index in [9.17, 15) is 9.59 Å². The summed E-state index contributed by atoms with van der Waals surface area (Å²) in [5.74, 6) is -0.453. The first kappa shape index (κ1) is 17.0. The molecule has 3 rings (SSSR count). The number of carbonyl (C=O) groups excluding carboxylic acids is 2. The Balaban J connectivity index is 1.64. The fourth-order valence-corrected chi connectivity index (χ4v) is 2.62. The lowest BCUT2D eigenvalue weighted by molar-refractivity contribution is 0.0658. The van der Waals surface area contributed by atoms with Crippen molar-refractivity contribution in [2.75, 3.05) is 33.2 Å². The van der Waals surface area contributed by atoms with Gasteiger partial charge in [0.2, 0.25) is 0 Å². The zero-order valence-corrected chi connectivity index (χ0v) is 14.2. The Morgan fingerprint density at radius 3 is 2.52 bits per heavy atom. The van der Waals surface area contributed by atoms with Crippen molar-refractivity contribution in [1.82, 2.24) is 25.1 Å². The van der Waals surface area contributed by atoms with E-state index in [-0.39, 0.29) is 17.5 Å². The molecular formula is C18H21N5O2. The number of rotatable bonds is 4. The van der Waals surface area contributed by atoms with Crippen molar-refractivity contribution in [3.8, 4) is 0 Å². The third-order valence-electron chi connectivity index (χ3n) is 4.15. The summed E-state index contributed by atoms with van der Waals surface area (Å²) in [7, 11) is 2.03. The molecule has 130 valence electrons. The standard InChI is InChI=1S/C18H21N5O2/c1-22-9-11-23(12-10-22)18(25)16-7-4-6-15(21-16)17(24)20-13-14-5-2-3-8-19-14/h2-8H,9-13H2,1H3,(H,20,24). The van der Waals surface area contributed by atoms with Crippen molar-refractivity contribution in [3.63, 3.8) is 0 Å². The monoisotopic (exact) mass is 339 g/mol. The number of hydrogen-bond acceptors (Lipinski definition) is 5. The second-order valence-corrected chi connectivity index (χ2v) is 6.01. The van der Waals surface area contributed by atoms with Gasteiger partial charge in [0.15, 0.2) is 0 Å². The Bertz CT molecular complexity index is 742. The quantitative estimate of drug-likeness (QED) is 0.891. The lowest BCUT2D eigenvalue weighted by Crippen LogP contribution is -2.47. The van der Waals surface area contributed by atoms with Gasteiger partial charge in [0.25, 0.3) is 11.8 Å². The Morgan fingerprint density at radius 2 is 1.80 bits per heavy atom. The van der Waals surface area contributed by atoms with Gasteiger partial charge in [-0.25, -0.2) is 4.98 Å².